The molecule has 6 aromatic carbocycles. The smallest absolute Gasteiger partial charge is 0.124 e. The minimum atomic E-state index is -0.0684. The van der Waals surface area contributed by atoms with Gasteiger partial charge in [0.15, 0.2) is 0 Å². The van der Waals surface area contributed by atoms with Crippen LogP contribution in [-0.4, -0.2) is 22.6 Å². The Balaban J connectivity index is 1.59. The van der Waals surface area contributed by atoms with Crippen LogP contribution in [-0.2, 0) is 10.8 Å². The largest absolute Gasteiger partial charge is 0.507 e. The van der Waals surface area contributed by atoms with Gasteiger partial charge in [-0.2, -0.15) is 0 Å². The van der Waals surface area contributed by atoms with Crippen molar-refractivity contribution < 1.29 is 10.2 Å². The van der Waals surface area contributed by atoms with Gasteiger partial charge in [0.25, 0.3) is 0 Å². The van der Waals surface area contributed by atoms with E-state index >= 15 is 0 Å². The van der Waals surface area contributed by atoms with Gasteiger partial charge >= 0.3 is 0 Å². The SMILES string of the molecule is CC(C)(C)c1ccc(O)c(C=Nc2ccc3ccccc3c2-c2c(N=Cc3cc(C(C)(C)C)ccc3O)ccc3ccccc23)c1. The minimum Gasteiger partial charge on any atom is -0.507 e. The van der Waals surface area contributed by atoms with Gasteiger partial charge in [0.05, 0.1) is 11.4 Å². The first kappa shape index (κ1) is 30.8. The second kappa shape index (κ2) is 11.9. The number of phenolic OH excluding ortho intramolecular Hbond substituents is 2. The molecule has 2 N–H and O–H groups in total. The zero-order valence-electron chi connectivity index (χ0n) is 27.3. The second-order valence-electron chi connectivity index (χ2n) is 13.9. The van der Waals surface area contributed by atoms with Crippen LogP contribution in [0.2, 0.25) is 0 Å². The van der Waals surface area contributed by atoms with Crippen LogP contribution in [0.1, 0.15) is 63.8 Å². The number of fused-ring (bicyclic) bond motifs is 2. The van der Waals surface area contributed by atoms with E-state index in [9.17, 15) is 10.2 Å². The predicted molar refractivity (Wildman–Crippen MR) is 195 cm³/mol. The molecule has 0 amide bonds. The Kier molecular flexibility index (Phi) is 7.99. The fraction of sp³-hybridized carbons (Fsp3) is 0.190. The predicted octanol–water partition coefficient (Wildman–Crippen LogP) is 11.2. The first-order chi connectivity index (χ1) is 21.9. The van der Waals surface area contributed by atoms with Crippen LogP contribution >= 0.6 is 0 Å². The summed E-state index contributed by atoms with van der Waals surface area (Å²) in [6.45, 7) is 12.9. The minimum absolute atomic E-state index is 0.0684. The van der Waals surface area contributed by atoms with E-state index in [0.29, 0.717) is 11.1 Å². The summed E-state index contributed by atoms with van der Waals surface area (Å²) in [6, 6.07) is 36.3. The lowest BCUT2D eigenvalue weighted by molar-refractivity contribution is 0.472. The highest BCUT2D eigenvalue weighted by Crippen LogP contribution is 2.45. The van der Waals surface area contributed by atoms with Gasteiger partial charge in [0.2, 0.25) is 0 Å². The molecule has 0 heterocycles. The van der Waals surface area contributed by atoms with Crippen LogP contribution in [0.25, 0.3) is 32.7 Å². The van der Waals surface area contributed by atoms with E-state index < -0.39 is 0 Å². The molecule has 0 fully saturated rings. The summed E-state index contributed by atoms with van der Waals surface area (Å²) in [5, 5.41) is 25.8. The van der Waals surface area contributed by atoms with Crippen LogP contribution in [0, 0.1) is 0 Å². The van der Waals surface area contributed by atoms with E-state index in [1.807, 2.05) is 60.7 Å². The van der Waals surface area contributed by atoms with Crippen molar-refractivity contribution in [2.75, 3.05) is 0 Å². The Hall–Kier alpha value is -5.22. The van der Waals surface area contributed by atoms with Gasteiger partial charge in [-0.25, -0.2) is 0 Å². The number of hydrogen-bond acceptors (Lipinski definition) is 4. The number of nitrogens with zero attached hydrogens (tertiary/aromatic N) is 2. The summed E-state index contributed by atoms with van der Waals surface area (Å²) in [5.41, 5.74) is 6.88. The van der Waals surface area contributed by atoms with E-state index in [1.165, 1.54) is 0 Å². The lowest BCUT2D eigenvalue weighted by Crippen LogP contribution is -2.11. The maximum atomic E-state index is 10.8. The van der Waals surface area contributed by atoms with Gasteiger partial charge in [-0.15, -0.1) is 0 Å². The Morgan fingerprint density at radius 1 is 0.478 bits per heavy atom. The molecule has 46 heavy (non-hydrogen) atoms. The molecule has 0 aromatic heterocycles. The molecule has 0 radical (unpaired) electrons. The number of aliphatic imine (C=N–C) groups is 2. The number of rotatable bonds is 5. The van der Waals surface area contributed by atoms with Crippen molar-refractivity contribution in [2.24, 2.45) is 9.98 Å². The molecule has 6 aromatic rings. The molecule has 4 heteroatoms. The summed E-state index contributed by atoms with van der Waals surface area (Å²) >= 11 is 0. The van der Waals surface area contributed by atoms with E-state index in [0.717, 1.165) is 55.2 Å². The van der Waals surface area contributed by atoms with Crippen LogP contribution in [0.5, 0.6) is 11.5 Å². The van der Waals surface area contributed by atoms with Crippen molar-refractivity contribution in [3.05, 3.63) is 131 Å². The van der Waals surface area contributed by atoms with Crippen LogP contribution in [0.15, 0.2) is 119 Å². The molecule has 0 spiro atoms. The maximum absolute atomic E-state index is 10.8. The Bertz CT molecular complexity index is 1990. The molecule has 4 nitrogen and oxygen atoms in total. The molecule has 0 saturated heterocycles. The van der Waals surface area contributed by atoms with Gasteiger partial charge in [-0.3, -0.25) is 9.98 Å². The number of phenols is 2. The first-order valence-electron chi connectivity index (χ1n) is 15.7. The summed E-state index contributed by atoms with van der Waals surface area (Å²) in [4.78, 5) is 10.1. The highest BCUT2D eigenvalue weighted by atomic mass is 16.3. The summed E-state index contributed by atoms with van der Waals surface area (Å²) in [7, 11) is 0. The molecule has 6 rings (SSSR count). The third kappa shape index (κ3) is 6.16. The molecule has 0 aliphatic heterocycles. The lowest BCUT2D eigenvalue weighted by atomic mass is 9.86. The van der Waals surface area contributed by atoms with Gasteiger partial charge < -0.3 is 10.2 Å². The monoisotopic (exact) mass is 604 g/mol. The molecule has 0 unspecified atom stereocenters. The number of aromatic hydroxyl groups is 2. The summed E-state index contributed by atoms with van der Waals surface area (Å²) in [6.07, 6.45) is 3.50. The normalized spacial score (nSPS) is 12.6. The standard InChI is InChI=1S/C42H40N2O2/c1-41(2,3)31-17-21-37(45)29(23-31)25-43-35-19-15-27-11-7-9-13-33(27)39(35)40-34-14-10-8-12-28(34)16-20-36(40)44-26-30-24-32(42(4,5)6)18-22-38(30)46/h7-26,45-46H,1-6H3. The zero-order chi connectivity index (χ0) is 32.6. The van der Waals surface area contributed by atoms with Crippen molar-refractivity contribution in [3.63, 3.8) is 0 Å². The van der Waals surface area contributed by atoms with Gasteiger partial charge in [-0.05, 0) is 79.9 Å². The lowest BCUT2D eigenvalue weighted by Gasteiger charge is -2.20. The van der Waals surface area contributed by atoms with Gasteiger partial charge in [0.1, 0.15) is 11.5 Å². The van der Waals surface area contributed by atoms with E-state index in [2.05, 4.69) is 77.9 Å². The highest BCUT2D eigenvalue weighted by molar-refractivity contribution is 6.13. The van der Waals surface area contributed by atoms with Crippen molar-refractivity contribution in [1.82, 2.24) is 0 Å². The molecular formula is C42H40N2O2. The molecule has 0 atom stereocenters. The van der Waals surface area contributed by atoms with E-state index in [1.54, 1.807) is 24.6 Å². The van der Waals surface area contributed by atoms with Crippen molar-refractivity contribution >= 4 is 45.3 Å². The fourth-order valence-corrected chi connectivity index (χ4v) is 5.79. The Labute approximate surface area is 271 Å². The number of benzene rings is 6. The Morgan fingerprint density at radius 2 is 0.870 bits per heavy atom. The van der Waals surface area contributed by atoms with Gasteiger partial charge in [0, 0.05) is 34.7 Å². The molecule has 0 bridgehead atoms. The maximum Gasteiger partial charge on any atom is 0.124 e. The third-order valence-electron chi connectivity index (χ3n) is 8.54. The zero-order valence-corrected chi connectivity index (χ0v) is 27.3. The van der Waals surface area contributed by atoms with Crippen LogP contribution in [0.4, 0.5) is 11.4 Å². The topological polar surface area (TPSA) is 65.2 Å². The quantitative estimate of drug-likeness (QED) is 0.192. The van der Waals surface area contributed by atoms with E-state index in [4.69, 9.17) is 9.98 Å². The molecule has 0 saturated carbocycles. The van der Waals surface area contributed by atoms with Gasteiger partial charge in [-0.1, -0.05) is 114 Å². The molecule has 230 valence electrons. The summed E-state index contributed by atoms with van der Waals surface area (Å²) < 4.78 is 0. The fourth-order valence-electron chi connectivity index (χ4n) is 5.79. The summed E-state index contributed by atoms with van der Waals surface area (Å²) in [5.74, 6) is 0.374. The third-order valence-corrected chi connectivity index (χ3v) is 8.54. The van der Waals surface area contributed by atoms with Crippen molar-refractivity contribution in [2.45, 2.75) is 52.4 Å². The second-order valence-corrected chi connectivity index (χ2v) is 13.9. The van der Waals surface area contributed by atoms with Crippen LogP contribution < -0.4 is 0 Å². The average molecular weight is 605 g/mol. The molecule has 0 aliphatic rings. The number of hydrogen-bond donors (Lipinski definition) is 2. The van der Waals surface area contributed by atoms with E-state index in [-0.39, 0.29) is 22.3 Å². The highest BCUT2D eigenvalue weighted by Gasteiger charge is 2.19. The first-order valence-corrected chi connectivity index (χ1v) is 15.7. The Morgan fingerprint density at radius 3 is 1.26 bits per heavy atom. The van der Waals surface area contributed by atoms with Crippen molar-refractivity contribution in [3.8, 4) is 22.6 Å². The van der Waals surface area contributed by atoms with Crippen LogP contribution in [0.3, 0.4) is 0 Å². The molecule has 0 aliphatic carbocycles. The molecular weight excluding hydrogens is 564 g/mol. The van der Waals surface area contributed by atoms with Crippen molar-refractivity contribution in [1.29, 1.82) is 0 Å². The average Bonchev–Trinajstić information content (AvgIpc) is 3.02.